The minimum Gasteiger partial charge on any atom is -0.354 e. The highest BCUT2D eigenvalue weighted by Gasteiger charge is 2.08. The number of benzene rings is 2. The van der Waals surface area contributed by atoms with E-state index in [-0.39, 0.29) is 5.91 Å². The van der Waals surface area contributed by atoms with Crippen molar-refractivity contribution in [3.63, 3.8) is 0 Å². The Bertz CT molecular complexity index is 888. The topological polar surface area (TPSA) is 54.0 Å². The molecule has 132 valence electrons. The van der Waals surface area contributed by atoms with Gasteiger partial charge in [-0.05, 0) is 48.2 Å². The van der Waals surface area contributed by atoms with Crippen LogP contribution >= 0.6 is 0 Å². The average Bonchev–Trinajstić information content (AvgIpc) is 2.68. The summed E-state index contributed by atoms with van der Waals surface area (Å²) in [7, 11) is 0. The number of carbonyl (C=O) groups is 1. The highest BCUT2D eigenvalue weighted by Crippen LogP contribution is 2.18. The summed E-state index contributed by atoms with van der Waals surface area (Å²) in [6, 6.07) is 18.1. The first-order valence-electron chi connectivity index (χ1n) is 8.79. The van der Waals surface area contributed by atoms with E-state index in [9.17, 15) is 4.79 Å². The van der Waals surface area contributed by atoms with Crippen LogP contribution in [0.2, 0.25) is 0 Å². The zero-order valence-corrected chi connectivity index (χ0v) is 15.1. The summed E-state index contributed by atoms with van der Waals surface area (Å²) in [6.07, 6.45) is 4.31. The number of hydrogen-bond acceptors (Lipinski definition) is 3. The van der Waals surface area contributed by atoms with E-state index in [0.717, 1.165) is 28.9 Å². The predicted molar refractivity (Wildman–Crippen MR) is 106 cm³/mol. The zero-order valence-electron chi connectivity index (χ0n) is 15.1. The number of nitrogens with one attached hydrogen (secondary N) is 2. The monoisotopic (exact) mass is 345 g/mol. The van der Waals surface area contributed by atoms with Crippen LogP contribution in [0.1, 0.15) is 34.0 Å². The van der Waals surface area contributed by atoms with Crippen LogP contribution in [0.4, 0.5) is 11.4 Å². The minimum absolute atomic E-state index is 0.134. The number of carbonyl (C=O) groups excluding carboxylic acids is 1. The molecular formula is C22H23N3O. The van der Waals surface area contributed by atoms with E-state index in [2.05, 4.69) is 34.7 Å². The third-order valence-corrected chi connectivity index (χ3v) is 4.35. The first-order chi connectivity index (χ1) is 12.7. The van der Waals surface area contributed by atoms with Gasteiger partial charge in [0.25, 0.3) is 5.91 Å². The average molecular weight is 345 g/mol. The molecule has 0 aliphatic heterocycles. The lowest BCUT2D eigenvalue weighted by molar-refractivity contribution is 0.0950. The quantitative estimate of drug-likeness (QED) is 0.685. The van der Waals surface area contributed by atoms with Gasteiger partial charge in [0.2, 0.25) is 0 Å². The van der Waals surface area contributed by atoms with Crippen molar-refractivity contribution in [3.05, 3.63) is 89.2 Å². The minimum atomic E-state index is -0.134. The number of rotatable bonds is 6. The van der Waals surface area contributed by atoms with Gasteiger partial charge in [0, 0.05) is 18.4 Å². The SMILES string of the molecule is CCc1ccc(Nc2cncc(C(=O)NCc3ccccc3C)c2)cc1. The van der Waals surface area contributed by atoms with Crippen molar-refractivity contribution >= 4 is 17.3 Å². The van der Waals surface area contributed by atoms with Crippen LogP contribution in [0.25, 0.3) is 0 Å². The van der Waals surface area contributed by atoms with E-state index >= 15 is 0 Å². The van der Waals surface area contributed by atoms with E-state index < -0.39 is 0 Å². The molecule has 3 aromatic rings. The largest absolute Gasteiger partial charge is 0.354 e. The molecule has 1 aromatic heterocycles. The van der Waals surface area contributed by atoms with Crippen LogP contribution in [0.3, 0.4) is 0 Å². The van der Waals surface area contributed by atoms with Gasteiger partial charge in [0.1, 0.15) is 0 Å². The highest BCUT2D eigenvalue weighted by atomic mass is 16.1. The molecule has 0 spiro atoms. The van der Waals surface area contributed by atoms with Gasteiger partial charge in [-0.25, -0.2) is 0 Å². The third-order valence-electron chi connectivity index (χ3n) is 4.35. The molecule has 0 saturated heterocycles. The fraction of sp³-hybridized carbons (Fsp3) is 0.182. The van der Waals surface area contributed by atoms with Crippen LogP contribution in [0.15, 0.2) is 67.0 Å². The Balaban J connectivity index is 1.66. The number of pyridine rings is 1. The van der Waals surface area contributed by atoms with E-state index in [1.807, 2.05) is 49.4 Å². The lowest BCUT2D eigenvalue weighted by Crippen LogP contribution is -2.23. The first kappa shape index (κ1) is 17.7. The molecule has 0 aliphatic rings. The van der Waals surface area contributed by atoms with Crippen molar-refractivity contribution in [2.75, 3.05) is 5.32 Å². The second-order valence-corrected chi connectivity index (χ2v) is 6.25. The van der Waals surface area contributed by atoms with E-state index in [4.69, 9.17) is 0 Å². The van der Waals surface area contributed by atoms with Crippen molar-refractivity contribution in [3.8, 4) is 0 Å². The molecule has 0 radical (unpaired) electrons. The van der Waals surface area contributed by atoms with E-state index in [0.29, 0.717) is 12.1 Å². The van der Waals surface area contributed by atoms with Crippen molar-refractivity contribution in [2.45, 2.75) is 26.8 Å². The Hall–Kier alpha value is -3.14. The number of nitrogens with zero attached hydrogens (tertiary/aromatic N) is 1. The van der Waals surface area contributed by atoms with Crippen molar-refractivity contribution in [2.24, 2.45) is 0 Å². The Morgan fingerprint density at radius 1 is 1.00 bits per heavy atom. The number of aromatic nitrogens is 1. The summed E-state index contributed by atoms with van der Waals surface area (Å²) in [5.41, 5.74) is 5.86. The molecule has 4 heteroatoms. The molecule has 0 unspecified atom stereocenters. The summed E-state index contributed by atoms with van der Waals surface area (Å²) >= 11 is 0. The van der Waals surface area contributed by atoms with Crippen molar-refractivity contribution in [1.82, 2.24) is 10.3 Å². The Morgan fingerprint density at radius 2 is 1.77 bits per heavy atom. The van der Waals surface area contributed by atoms with Crippen LogP contribution in [0, 0.1) is 6.92 Å². The molecule has 4 nitrogen and oxygen atoms in total. The third kappa shape index (κ3) is 4.48. The standard InChI is InChI=1S/C22H23N3O/c1-3-17-8-10-20(11-9-17)25-21-12-19(13-23-15-21)22(26)24-14-18-7-5-4-6-16(18)2/h4-13,15,25H,3,14H2,1-2H3,(H,24,26). The van der Waals surface area contributed by atoms with Crippen LogP contribution < -0.4 is 10.6 Å². The Morgan fingerprint density at radius 3 is 2.50 bits per heavy atom. The van der Waals surface area contributed by atoms with E-state index in [1.54, 1.807) is 12.4 Å². The maximum Gasteiger partial charge on any atom is 0.253 e. The van der Waals surface area contributed by atoms with Gasteiger partial charge < -0.3 is 10.6 Å². The molecule has 0 bridgehead atoms. The maximum absolute atomic E-state index is 12.4. The van der Waals surface area contributed by atoms with Gasteiger partial charge in [0.15, 0.2) is 0 Å². The summed E-state index contributed by atoms with van der Waals surface area (Å²) in [5, 5.41) is 6.25. The molecule has 0 aliphatic carbocycles. The molecule has 3 rings (SSSR count). The number of hydrogen-bond donors (Lipinski definition) is 2. The number of aryl methyl sites for hydroxylation is 2. The molecule has 0 fully saturated rings. The predicted octanol–water partition coefficient (Wildman–Crippen LogP) is 4.63. The Kier molecular flexibility index (Phi) is 5.64. The smallest absolute Gasteiger partial charge is 0.253 e. The van der Waals surface area contributed by atoms with Crippen molar-refractivity contribution in [1.29, 1.82) is 0 Å². The fourth-order valence-corrected chi connectivity index (χ4v) is 2.71. The first-order valence-corrected chi connectivity index (χ1v) is 8.79. The normalized spacial score (nSPS) is 10.4. The molecule has 2 aromatic carbocycles. The summed E-state index contributed by atoms with van der Waals surface area (Å²) < 4.78 is 0. The van der Waals surface area contributed by atoms with Gasteiger partial charge in [-0.2, -0.15) is 0 Å². The van der Waals surface area contributed by atoms with Gasteiger partial charge >= 0.3 is 0 Å². The second-order valence-electron chi connectivity index (χ2n) is 6.25. The summed E-state index contributed by atoms with van der Waals surface area (Å²) in [4.78, 5) is 16.6. The molecule has 1 amide bonds. The Labute approximate surface area is 154 Å². The van der Waals surface area contributed by atoms with Gasteiger partial charge in [-0.3, -0.25) is 9.78 Å². The van der Waals surface area contributed by atoms with Gasteiger partial charge in [-0.15, -0.1) is 0 Å². The van der Waals surface area contributed by atoms with Gasteiger partial charge in [0.05, 0.1) is 17.4 Å². The van der Waals surface area contributed by atoms with Crippen LogP contribution in [0.5, 0.6) is 0 Å². The number of amides is 1. The fourth-order valence-electron chi connectivity index (χ4n) is 2.71. The highest BCUT2D eigenvalue weighted by molar-refractivity contribution is 5.94. The lowest BCUT2D eigenvalue weighted by atomic mass is 10.1. The lowest BCUT2D eigenvalue weighted by Gasteiger charge is -2.10. The van der Waals surface area contributed by atoms with Gasteiger partial charge in [-0.1, -0.05) is 43.3 Å². The summed E-state index contributed by atoms with van der Waals surface area (Å²) in [6.45, 7) is 4.67. The number of anilines is 2. The molecule has 1 heterocycles. The van der Waals surface area contributed by atoms with Crippen LogP contribution in [-0.2, 0) is 13.0 Å². The molecule has 26 heavy (non-hydrogen) atoms. The van der Waals surface area contributed by atoms with Crippen LogP contribution in [-0.4, -0.2) is 10.9 Å². The molecule has 2 N–H and O–H groups in total. The maximum atomic E-state index is 12.4. The molecular weight excluding hydrogens is 322 g/mol. The van der Waals surface area contributed by atoms with Crippen molar-refractivity contribution < 1.29 is 4.79 Å². The molecule has 0 atom stereocenters. The molecule has 0 saturated carbocycles. The second kappa shape index (κ2) is 8.30. The summed E-state index contributed by atoms with van der Waals surface area (Å²) in [5.74, 6) is -0.134. The van der Waals surface area contributed by atoms with E-state index in [1.165, 1.54) is 5.56 Å². The zero-order chi connectivity index (χ0) is 18.4.